The largest absolute Gasteiger partial charge is 0.435 e. The van der Waals surface area contributed by atoms with Crippen LogP contribution in [0.5, 0.6) is 0 Å². The van der Waals surface area contributed by atoms with Crippen LogP contribution in [0, 0.1) is 0 Å². The van der Waals surface area contributed by atoms with E-state index in [-0.39, 0.29) is 11.9 Å². The minimum absolute atomic E-state index is 0.0928. The van der Waals surface area contributed by atoms with Crippen molar-refractivity contribution in [3.05, 3.63) is 125 Å². The zero-order chi connectivity index (χ0) is 28.6. The molecule has 206 valence electrons. The summed E-state index contributed by atoms with van der Waals surface area (Å²) in [7, 11) is -2.63. The number of oxime groups is 1. The van der Waals surface area contributed by atoms with Gasteiger partial charge in [0.2, 0.25) is 0 Å². The summed E-state index contributed by atoms with van der Waals surface area (Å²) in [6.45, 7) is 0. The molecule has 2 nitrogen and oxygen atoms in total. The molecule has 1 aliphatic rings. The van der Waals surface area contributed by atoms with Gasteiger partial charge in [0, 0.05) is 17.0 Å². The van der Waals surface area contributed by atoms with Crippen molar-refractivity contribution in [1.29, 1.82) is 0 Å². The van der Waals surface area contributed by atoms with Crippen molar-refractivity contribution < 1.29 is 31.2 Å². The van der Waals surface area contributed by atoms with E-state index in [9.17, 15) is 26.3 Å². The van der Waals surface area contributed by atoms with Crippen molar-refractivity contribution in [2.24, 2.45) is 5.16 Å². The fourth-order valence-electron chi connectivity index (χ4n) is 5.08. The molecule has 0 radical (unpaired) electrons. The van der Waals surface area contributed by atoms with Gasteiger partial charge in [0.1, 0.15) is 35.0 Å². The normalized spacial score (nSPS) is 17.8. The molecule has 0 bridgehead atoms. The van der Waals surface area contributed by atoms with Gasteiger partial charge in [0.05, 0.1) is 5.56 Å². The summed E-state index contributed by atoms with van der Waals surface area (Å²) in [6, 6.07) is 30.3. The maximum atomic E-state index is 14.7. The third kappa shape index (κ3) is 5.11. The van der Waals surface area contributed by atoms with Crippen LogP contribution in [0.25, 0.3) is 0 Å². The molecular weight excluding hydrogens is 571 g/mol. The average Bonchev–Trinajstić information content (AvgIpc) is 3.38. The first-order valence-electron chi connectivity index (χ1n) is 12.2. The van der Waals surface area contributed by atoms with Crippen LogP contribution in [0.3, 0.4) is 0 Å². The van der Waals surface area contributed by atoms with E-state index in [2.05, 4.69) is 5.16 Å². The van der Waals surface area contributed by atoms with Crippen molar-refractivity contribution in [1.82, 2.24) is 0 Å². The van der Waals surface area contributed by atoms with Crippen LogP contribution < -0.4 is 15.9 Å². The molecule has 0 spiro atoms. The van der Waals surface area contributed by atoms with E-state index in [1.807, 2.05) is 91.0 Å². The van der Waals surface area contributed by atoms with E-state index >= 15 is 0 Å². The summed E-state index contributed by atoms with van der Waals surface area (Å²) in [5.74, 6) is 0. The fraction of sp³-hybridized carbons (Fsp3) is 0.167. The maximum absolute atomic E-state index is 14.7. The Morgan fingerprint density at radius 2 is 1.20 bits per heavy atom. The molecule has 4 aromatic carbocycles. The first-order valence-corrected chi connectivity index (χ1v) is 14.5. The predicted molar refractivity (Wildman–Crippen MR) is 147 cm³/mol. The highest BCUT2D eigenvalue weighted by atomic mass is 35.5. The van der Waals surface area contributed by atoms with Crippen LogP contribution in [0.1, 0.15) is 17.5 Å². The van der Waals surface area contributed by atoms with Crippen LogP contribution in [0.15, 0.2) is 114 Å². The molecule has 40 heavy (non-hydrogen) atoms. The Morgan fingerprint density at radius 1 is 0.725 bits per heavy atom. The zero-order valence-corrected chi connectivity index (χ0v) is 22.4. The molecule has 1 heterocycles. The molecule has 0 aliphatic carbocycles. The van der Waals surface area contributed by atoms with Gasteiger partial charge in [-0.3, -0.25) is 0 Å². The van der Waals surface area contributed by atoms with Gasteiger partial charge in [-0.2, -0.15) is 26.3 Å². The summed E-state index contributed by atoms with van der Waals surface area (Å²) >= 11 is 5.87. The van der Waals surface area contributed by atoms with Gasteiger partial charge >= 0.3 is 12.4 Å². The topological polar surface area (TPSA) is 21.6 Å². The predicted octanol–water partition coefficient (Wildman–Crippen LogP) is 7.89. The van der Waals surface area contributed by atoms with Crippen LogP contribution in [-0.4, -0.2) is 18.0 Å². The Kier molecular flexibility index (Phi) is 7.45. The van der Waals surface area contributed by atoms with E-state index in [1.54, 1.807) is 0 Å². The van der Waals surface area contributed by atoms with Crippen molar-refractivity contribution in [2.75, 3.05) is 6.16 Å². The van der Waals surface area contributed by atoms with Gasteiger partial charge in [-0.25, -0.2) is 0 Å². The van der Waals surface area contributed by atoms with Gasteiger partial charge in [0.15, 0.2) is 0 Å². The Hall–Kier alpha value is -3.35. The number of hydrogen-bond donors (Lipinski definition) is 0. The molecular formula is C30H22ClF6NOP+. The second kappa shape index (κ2) is 10.6. The van der Waals surface area contributed by atoms with Gasteiger partial charge in [-0.15, -0.1) is 0 Å². The Labute approximate surface area is 232 Å². The van der Waals surface area contributed by atoms with Crippen LogP contribution in [0.4, 0.5) is 26.3 Å². The highest BCUT2D eigenvalue weighted by Crippen LogP contribution is 2.58. The van der Waals surface area contributed by atoms with Crippen LogP contribution in [0.2, 0.25) is 5.02 Å². The molecule has 5 rings (SSSR count). The number of nitrogens with zero attached hydrogens (tertiary/aromatic N) is 1. The molecule has 4 aromatic rings. The Balaban J connectivity index is 1.65. The second-order valence-corrected chi connectivity index (χ2v) is 13.4. The minimum atomic E-state index is -5.08. The van der Waals surface area contributed by atoms with E-state index in [0.29, 0.717) is 12.1 Å². The number of halogens is 7. The standard InChI is InChI=1S/C30H22ClF6NOP/c31-23-17-21(16-22(18-23)29(32,33)34)28(30(35,36)37)19-24(38-39-28)20-40(25-10-4-1-5-11-25,26-12-6-2-7-13-26)27-14-8-3-9-15-27/h1-18H,19-20H2/q+1. The third-order valence-electron chi connectivity index (χ3n) is 6.94. The summed E-state index contributed by atoms with van der Waals surface area (Å²) in [6.07, 6.45) is -10.7. The van der Waals surface area contributed by atoms with E-state index in [4.69, 9.17) is 16.4 Å². The summed E-state index contributed by atoms with van der Waals surface area (Å²) in [5, 5.41) is 6.19. The van der Waals surface area contributed by atoms with Crippen molar-refractivity contribution in [2.45, 2.75) is 24.4 Å². The van der Waals surface area contributed by atoms with Crippen molar-refractivity contribution in [3.8, 4) is 0 Å². The molecule has 1 aliphatic heterocycles. The molecule has 0 saturated heterocycles. The number of rotatable bonds is 6. The van der Waals surface area contributed by atoms with E-state index in [0.717, 1.165) is 22.0 Å². The molecule has 10 heteroatoms. The van der Waals surface area contributed by atoms with Crippen LogP contribution in [-0.2, 0) is 16.6 Å². The number of alkyl halides is 6. The van der Waals surface area contributed by atoms with Gasteiger partial charge in [-0.1, -0.05) is 71.4 Å². The Bertz CT molecular complexity index is 1410. The van der Waals surface area contributed by atoms with Gasteiger partial charge < -0.3 is 4.84 Å². The number of benzene rings is 4. The lowest BCUT2D eigenvalue weighted by Crippen LogP contribution is -2.43. The lowest BCUT2D eigenvalue weighted by molar-refractivity contribution is -0.276. The first-order chi connectivity index (χ1) is 19.0. The second-order valence-electron chi connectivity index (χ2n) is 9.45. The molecule has 0 saturated carbocycles. The van der Waals surface area contributed by atoms with E-state index < -0.39 is 47.8 Å². The number of hydrogen-bond acceptors (Lipinski definition) is 2. The van der Waals surface area contributed by atoms with Crippen molar-refractivity contribution in [3.63, 3.8) is 0 Å². The monoisotopic (exact) mass is 592 g/mol. The van der Waals surface area contributed by atoms with Crippen LogP contribution >= 0.6 is 18.9 Å². The molecule has 1 atom stereocenters. The van der Waals surface area contributed by atoms with Gasteiger partial charge in [0.25, 0.3) is 5.60 Å². The smallest absolute Gasteiger partial charge is 0.374 e. The molecule has 0 aromatic heterocycles. The lowest BCUT2D eigenvalue weighted by Gasteiger charge is -2.31. The maximum Gasteiger partial charge on any atom is 0.435 e. The summed E-state index contributed by atoms with van der Waals surface area (Å²) in [4.78, 5) is 5.13. The van der Waals surface area contributed by atoms with Gasteiger partial charge in [-0.05, 0) is 54.6 Å². The fourth-order valence-corrected chi connectivity index (χ4v) is 9.52. The first kappa shape index (κ1) is 28.2. The third-order valence-corrected chi connectivity index (χ3v) is 11.5. The molecule has 0 N–H and O–H groups in total. The Morgan fingerprint density at radius 3 is 1.62 bits per heavy atom. The highest BCUT2D eigenvalue weighted by Gasteiger charge is 2.64. The minimum Gasteiger partial charge on any atom is -0.374 e. The molecule has 0 fully saturated rings. The lowest BCUT2D eigenvalue weighted by atomic mass is 9.87. The summed E-state index contributed by atoms with van der Waals surface area (Å²) in [5.41, 5.74) is -5.07. The summed E-state index contributed by atoms with van der Waals surface area (Å²) < 4.78 is 84.7. The van der Waals surface area contributed by atoms with Crippen molar-refractivity contribution >= 4 is 40.5 Å². The average molecular weight is 593 g/mol. The zero-order valence-electron chi connectivity index (χ0n) is 20.8. The highest BCUT2D eigenvalue weighted by molar-refractivity contribution is 7.96. The molecule has 1 unspecified atom stereocenters. The van der Waals surface area contributed by atoms with E-state index in [1.165, 1.54) is 0 Å². The quantitative estimate of drug-likeness (QED) is 0.165. The molecule has 0 amide bonds. The SMILES string of the molecule is FC(F)(F)c1cc(Cl)cc(C2(C(F)(F)F)CC(C[P+](c3ccccc3)(c3ccccc3)c3ccccc3)=NO2)c1.